The van der Waals surface area contributed by atoms with Crippen molar-refractivity contribution in [1.82, 2.24) is 0 Å². The number of hydrogen-bond donors (Lipinski definition) is 0. The van der Waals surface area contributed by atoms with E-state index in [0.717, 1.165) is 77.0 Å². The maximum Gasteiger partial charge on any atom is 0.306 e. The van der Waals surface area contributed by atoms with E-state index < -0.39 is 26.5 Å². The number of carbonyl (C=O) groups excluding carboxylic acids is 2. The second-order valence-electron chi connectivity index (χ2n) is 22.4. The van der Waals surface area contributed by atoms with Crippen LogP contribution < -0.4 is 4.89 Å². The molecule has 0 aromatic carbocycles. The number of rotatable bonds is 58. The number of carbonyl (C=O) groups is 2. The second kappa shape index (κ2) is 57.1. The normalized spacial score (nSPS) is 13.7. The van der Waals surface area contributed by atoms with E-state index in [1.807, 2.05) is 21.1 Å². The van der Waals surface area contributed by atoms with Crippen LogP contribution in [0, 0.1) is 0 Å². The van der Waals surface area contributed by atoms with Crippen LogP contribution in [0.4, 0.5) is 0 Å². The fourth-order valence-electron chi connectivity index (χ4n) is 8.86. The zero-order valence-electron chi connectivity index (χ0n) is 50.2. The zero-order chi connectivity index (χ0) is 55.6. The summed E-state index contributed by atoms with van der Waals surface area (Å²) in [4.78, 5) is 38.0. The van der Waals surface area contributed by atoms with Gasteiger partial charge in [0, 0.05) is 12.8 Å². The number of unbranched alkanes of at least 4 members (excludes halogenated alkanes) is 32. The molecule has 0 aromatic rings. The fraction of sp³-hybridized carbons (Fsp3) is 0.788. The zero-order valence-corrected chi connectivity index (χ0v) is 51.1. The molecule has 0 N–H and O–H groups in total. The Balaban J connectivity index is 4.07. The molecule has 442 valence electrons. The van der Waals surface area contributed by atoms with Gasteiger partial charge in [-0.3, -0.25) is 14.2 Å². The third-order valence-electron chi connectivity index (χ3n) is 13.7. The molecule has 0 bridgehead atoms. The van der Waals surface area contributed by atoms with Crippen molar-refractivity contribution in [2.24, 2.45) is 0 Å². The highest BCUT2D eigenvalue weighted by Gasteiger charge is 2.22. The largest absolute Gasteiger partial charge is 0.756 e. The summed E-state index contributed by atoms with van der Waals surface area (Å²) in [6, 6.07) is 0. The van der Waals surface area contributed by atoms with Crippen LogP contribution in [0.5, 0.6) is 0 Å². The number of phosphoric ester groups is 1. The van der Waals surface area contributed by atoms with Crippen LogP contribution >= 0.6 is 7.82 Å². The number of esters is 2. The molecule has 0 heterocycles. The van der Waals surface area contributed by atoms with Crippen LogP contribution in [0.3, 0.4) is 0 Å². The number of nitrogens with zero attached hydrogens (tertiary/aromatic N) is 1. The Hall–Kier alpha value is -2.55. The summed E-state index contributed by atoms with van der Waals surface area (Å²) in [5.41, 5.74) is 0. The molecular weight excluding hydrogens is 966 g/mol. The quantitative estimate of drug-likeness (QED) is 0.0195. The van der Waals surface area contributed by atoms with Gasteiger partial charge in [-0.1, -0.05) is 260 Å². The molecule has 0 spiro atoms. The van der Waals surface area contributed by atoms with Crippen molar-refractivity contribution < 1.29 is 42.1 Å². The Labute approximate surface area is 469 Å². The maximum atomic E-state index is 12.8. The first-order valence-electron chi connectivity index (χ1n) is 31.6. The van der Waals surface area contributed by atoms with E-state index in [2.05, 4.69) is 86.8 Å². The summed E-state index contributed by atoms with van der Waals surface area (Å²) < 4.78 is 34.2. The van der Waals surface area contributed by atoms with Gasteiger partial charge in [0.15, 0.2) is 6.10 Å². The number of ether oxygens (including phenoxy) is 2. The maximum absolute atomic E-state index is 12.8. The van der Waals surface area contributed by atoms with Crippen molar-refractivity contribution in [3.05, 3.63) is 72.9 Å². The molecule has 0 saturated carbocycles. The van der Waals surface area contributed by atoms with Crippen LogP contribution in [0.15, 0.2) is 72.9 Å². The Bertz CT molecular complexity index is 1510. The van der Waals surface area contributed by atoms with Gasteiger partial charge >= 0.3 is 11.9 Å². The number of phosphoric acid groups is 1. The third-order valence-corrected chi connectivity index (χ3v) is 14.7. The molecule has 76 heavy (non-hydrogen) atoms. The topological polar surface area (TPSA) is 111 Å². The number of quaternary nitrogens is 1. The molecule has 2 unspecified atom stereocenters. The predicted octanol–water partition coefficient (Wildman–Crippen LogP) is 19.4. The minimum absolute atomic E-state index is 0.0323. The van der Waals surface area contributed by atoms with Crippen molar-refractivity contribution in [2.45, 2.75) is 290 Å². The summed E-state index contributed by atoms with van der Waals surface area (Å²) >= 11 is 0. The van der Waals surface area contributed by atoms with Gasteiger partial charge in [0.05, 0.1) is 27.7 Å². The van der Waals surface area contributed by atoms with E-state index in [1.165, 1.54) is 173 Å². The Morgan fingerprint density at radius 3 is 1.12 bits per heavy atom. The summed E-state index contributed by atoms with van der Waals surface area (Å²) in [6.07, 6.45) is 75.3. The van der Waals surface area contributed by atoms with Crippen LogP contribution in [0.25, 0.3) is 0 Å². The number of hydrogen-bond acceptors (Lipinski definition) is 8. The fourth-order valence-corrected chi connectivity index (χ4v) is 9.58. The lowest BCUT2D eigenvalue weighted by molar-refractivity contribution is -0.870. The van der Waals surface area contributed by atoms with E-state index in [4.69, 9.17) is 18.5 Å². The molecule has 10 heteroatoms. The molecule has 0 radical (unpaired) electrons. The standard InChI is InChI=1S/C66H120NO8P/c1-6-8-10-12-14-16-18-20-22-24-26-28-29-30-31-32-33-34-35-36-37-39-41-43-45-47-49-51-53-55-57-59-66(69)75-64(63-74-76(70,71)73-61-60-67(3,4)5)62-72-65(68)58-56-54-52-50-48-46-44-42-40-38-27-25-23-21-19-17-15-13-11-9-7-2/h8,10,14,16,19-22,25-28,64H,6-7,9,11-13,15,17-18,23-24,29-63H2,1-5H3/b10-8-,16-14-,21-19-,22-20-,27-25-,28-26-. The molecule has 2 atom stereocenters. The van der Waals surface area contributed by atoms with Gasteiger partial charge in [-0.15, -0.1) is 0 Å². The minimum atomic E-state index is -4.64. The molecule has 9 nitrogen and oxygen atoms in total. The molecule has 0 amide bonds. The first kappa shape index (κ1) is 73.5. The summed E-state index contributed by atoms with van der Waals surface area (Å²) in [5, 5.41) is 0. The predicted molar refractivity (Wildman–Crippen MR) is 323 cm³/mol. The Morgan fingerprint density at radius 1 is 0.421 bits per heavy atom. The number of allylic oxidation sites excluding steroid dienone is 12. The lowest BCUT2D eigenvalue weighted by Crippen LogP contribution is -2.37. The van der Waals surface area contributed by atoms with Crippen LogP contribution in [0.1, 0.15) is 284 Å². The van der Waals surface area contributed by atoms with Crippen LogP contribution in [0.2, 0.25) is 0 Å². The average Bonchev–Trinajstić information content (AvgIpc) is 3.38. The van der Waals surface area contributed by atoms with Gasteiger partial charge in [-0.2, -0.15) is 0 Å². The molecule has 0 aliphatic heterocycles. The lowest BCUT2D eigenvalue weighted by atomic mass is 10.0. The van der Waals surface area contributed by atoms with Crippen molar-refractivity contribution in [3.8, 4) is 0 Å². The summed E-state index contributed by atoms with van der Waals surface area (Å²) in [6.45, 7) is 4.14. The summed E-state index contributed by atoms with van der Waals surface area (Å²) in [5.74, 6) is -0.829. The number of likely N-dealkylation sites (N-methyl/N-ethyl adjacent to an activating group) is 1. The summed E-state index contributed by atoms with van der Waals surface area (Å²) in [7, 11) is 1.17. The van der Waals surface area contributed by atoms with Crippen LogP contribution in [-0.4, -0.2) is 70.0 Å². The average molecular weight is 1090 g/mol. The highest BCUT2D eigenvalue weighted by atomic mass is 31.2. The molecule has 0 saturated heterocycles. The van der Waals surface area contributed by atoms with Gasteiger partial charge in [0.1, 0.15) is 19.8 Å². The van der Waals surface area contributed by atoms with Crippen molar-refractivity contribution in [1.29, 1.82) is 0 Å². The lowest BCUT2D eigenvalue weighted by Gasteiger charge is -2.28. The molecule has 0 aliphatic rings. The SMILES string of the molecule is CC/C=C\C/C=C\C/C=C\C/C=C\CCCCCCCCCCCCCCCCCCCCC(=O)OC(COC(=O)CCCCCCCCCCC/C=C\C/C=C\CCCCCCC)COP(=O)([O-])OCC[N+](C)(C)C. The monoisotopic (exact) mass is 1090 g/mol. The van der Waals surface area contributed by atoms with E-state index in [-0.39, 0.29) is 32.0 Å². The van der Waals surface area contributed by atoms with E-state index in [0.29, 0.717) is 17.4 Å². The van der Waals surface area contributed by atoms with Crippen molar-refractivity contribution in [3.63, 3.8) is 0 Å². The van der Waals surface area contributed by atoms with Gasteiger partial charge in [0.25, 0.3) is 7.82 Å². The van der Waals surface area contributed by atoms with Gasteiger partial charge in [-0.25, -0.2) is 0 Å². The highest BCUT2D eigenvalue weighted by molar-refractivity contribution is 7.45. The third kappa shape index (κ3) is 60.7. The van der Waals surface area contributed by atoms with E-state index in [9.17, 15) is 19.0 Å². The Morgan fingerprint density at radius 2 is 0.750 bits per heavy atom. The first-order chi connectivity index (χ1) is 37.0. The molecule has 0 aromatic heterocycles. The van der Waals surface area contributed by atoms with E-state index in [1.54, 1.807) is 0 Å². The highest BCUT2D eigenvalue weighted by Crippen LogP contribution is 2.38. The van der Waals surface area contributed by atoms with Crippen LogP contribution in [-0.2, 0) is 32.7 Å². The Kier molecular flexibility index (Phi) is 55.2. The van der Waals surface area contributed by atoms with E-state index >= 15 is 0 Å². The minimum Gasteiger partial charge on any atom is -0.756 e. The molecule has 0 fully saturated rings. The first-order valence-corrected chi connectivity index (χ1v) is 33.1. The second-order valence-corrected chi connectivity index (χ2v) is 23.8. The molecule has 0 aliphatic carbocycles. The van der Waals surface area contributed by atoms with Gasteiger partial charge in [0.2, 0.25) is 0 Å². The van der Waals surface area contributed by atoms with Crippen molar-refractivity contribution >= 4 is 19.8 Å². The van der Waals surface area contributed by atoms with Gasteiger partial charge in [-0.05, 0) is 83.5 Å². The smallest absolute Gasteiger partial charge is 0.306 e. The molecule has 0 rings (SSSR count). The molecular formula is C66H120NO8P. The van der Waals surface area contributed by atoms with Crippen molar-refractivity contribution in [2.75, 3.05) is 47.5 Å². The van der Waals surface area contributed by atoms with Gasteiger partial charge < -0.3 is 27.9 Å².